The van der Waals surface area contributed by atoms with Crippen molar-refractivity contribution >= 4 is 5.97 Å². The third kappa shape index (κ3) is 1.99. The Kier molecular flexibility index (Phi) is 2.89. The van der Waals surface area contributed by atoms with Crippen LogP contribution in [0.25, 0.3) is 0 Å². The fourth-order valence-corrected chi connectivity index (χ4v) is 1.72. The predicted molar refractivity (Wildman–Crippen MR) is 46.9 cm³/mol. The van der Waals surface area contributed by atoms with Crippen LogP contribution >= 0.6 is 0 Å². The number of hydrogen-bond donors (Lipinski definition) is 1. The van der Waals surface area contributed by atoms with Gasteiger partial charge in [0.2, 0.25) is 0 Å². The van der Waals surface area contributed by atoms with E-state index in [9.17, 15) is 4.79 Å². The molecule has 4 nitrogen and oxygen atoms in total. The number of carbonyl (C=O) groups is 1. The summed E-state index contributed by atoms with van der Waals surface area (Å²) in [4.78, 5) is 12.7. The molecule has 1 unspecified atom stereocenters. The number of nitriles is 1. The number of hydrogen-bond acceptors (Lipinski definition) is 3. The lowest BCUT2D eigenvalue weighted by Crippen LogP contribution is -2.30. The second-order valence-electron chi connectivity index (χ2n) is 3.68. The Morgan fingerprint density at radius 1 is 1.69 bits per heavy atom. The lowest BCUT2D eigenvalue weighted by Gasteiger charge is -2.16. The number of aliphatic carboxylic acids is 1. The third-order valence-electron chi connectivity index (χ3n) is 2.69. The van der Waals surface area contributed by atoms with Gasteiger partial charge in [-0.1, -0.05) is 6.92 Å². The minimum absolute atomic E-state index is 0.147. The van der Waals surface area contributed by atoms with Gasteiger partial charge in [-0.05, 0) is 12.8 Å². The summed E-state index contributed by atoms with van der Waals surface area (Å²) in [5.74, 6) is -0.913. The fraction of sp³-hybridized carbons (Fsp3) is 0.778. The van der Waals surface area contributed by atoms with E-state index in [2.05, 4.69) is 6.07 Å². The molecule has 1 aliphatic rings. The van der Waals surface area contributed by atoms with Crippen molar-refractivity contribution in [2.45, 2.75) is 19.9 Å². The van der Waals surface area contributed by atoms with E-state index in [0.29, 0.717) is 13.1 Å². The van der Waals surface area contributed by atoms with Gasteiger partial charge in [0.1, 0.15) is 0 Å². The first-order valence-corrected chi connectivity index (χ1v) is 4.42. The van der Waals surface area contributed by atoms with Crippen molar-refractivity contribution in [1.29, 1.82) is 5.26 Å². The average Bonchev–Trinajstić information content (AvgIpc) is 2.46. The Morgan fingerprint density at radius 3 is 2.69 bits per heavy atom. The standard InChI is InChI=1S/C9H14N2O2/c1-6-4-11(7(2)3-10)5-8(6)9(12)13/h6-8H,4-5H2,1-2H3,(H,12,13)/t6-,7?,8-/m1/s1. The molecule has 0 amide bonds. The number of carboxylic acid groups (broad SMARTS) is 1. The van der Waals surface area contributed by atoms with E-state index in [1.54, 1.807) is 6.92 Å². The lowest BCUT2D eigenvalue weighted by molar-refractivity contribution is -0.142. The Labute approximate surface area is 77.8 Å². The molecule has 13 heavy (non-hydrogen) atoms. The van der Waals surface area contributed by atoms with Crippen LogP contribution in [0, 0.1) is 23.2 Å². The van der Waals surface area contributed by atoms with Crippen LogP contribution in [0.5, 0.6) is 0 Å². The zero-order valence-corrected chi connectivity index (χ0v) is 7.90. The first kappa shape index (κ1) is 10.0. The van der Waals surface area contributed by atoms with Crippen molar-refractivity contribution in [3.8, 4) is 6.07 Å². The van der Waals surface area contributed by atoms with Crippen LogP contribution in [0.1, 0.15) is 13.8 Å². The molecule has 4 heteroatoms. The summed E-state index contributed by atoms with van der Waals surface area (Å²) in [6.45, 7) is 4.94. The maximum atomic E-state index is 10.8. The highest BCUT2D eigenvalue weighted by molar-refractivity contribution is 5.71. The molecule has 0 aromatic heterocycles. The van der Waals surface area contributed by atoms with Crippen LogP contribution in [0.2, 0.25) is 0 Å². The monoisotopic (exact) mass is 182 g/mol. The molecule has 1 aliphatic heterocycles. The molecule has 0 radical (unpaired) electrons. The van der Waals surface area contributed by atoms with E-state index in [4.69, 9.17) is 10.4 Å². The number of nitrogens with zero attached hydrogens (tertiary/aromatic N) is 2. The van der Waals surface area contributed by atoms with Crippen molar-refractivity contribution in [1.82, 2.24) is 4.90 Å². The smallest absolute Gasteiger partial charge is 0.308 e. The topological polar surface area (TPSA) is 64.3 Å². The number of likely N-dealkylation sites (tertiary alicyclic amines) is 1. The van der Waals surface area contributed by atoms with E-state index in [0.717, 1.165) is 0 Å². The highest BCUT2D eigenvalue weighted by atomic mass is 16.4. The molecule has 3 atom stereocenters. The molecule has 0 aliphatic carbocycles. The van der Waals surface area contributed by atoms with Gasteiger partial charge >= 0.3 is 5.97 Å². The summed E-state index contributed by atoms with van der Waals surface area (Å²) in [5.41, 5.74) is 0. The first-order valence-electron chi connectivity index (χ1n) is 4.42. The molecule has 0 saturated carbocycles. The van der Waals surface area contributed by atoms with Gasteiger partial charge in [0.05, 0.1) is 18.0 Å². The van der Waals surface area contributed by atoms with Crippen molar-refractivity contribution < 1.29 is 9.90 Å². The summed E-state index contributed by atoms with van der Waals surface area (Å²) in [7, 11) is 0. The Bertz CT molecular complexity index is 246. The van der Waals surface area contributed by atoms with E-state index in [1.165, 1.54) is 0 Å². The molecule has 0 bridgehead atoms. The van der Waals surface area contributed by atoms with Crippen LogP contribution in [0.3, 0.4) is 0 Å². The predicted octanol–water partition coefficient (Wildman–Crippen LogP) is 0.551. The maximum absolute atomic E-state index is 10.8. The summed E-state index contributed by atoms with van der Waals surface area (Å²) < 4.78 is 0. The van der Waals surface area contributed by atoms with Gasteiger partial charge < -0.3 is 5.11 Å². The Balaban J connectivity index is 2.61. The van der Waals surface area contributed by atoms with Gasteiger partial charge in [-0.3, -0.25) is 9.69 Å². The lowest BCUT2D eigenvalue weighted by atomic mass is 9.99. The van der Waals surface area contributed by atoms with Gasteiger partial charge in [-0.25, -0.2) is 0 Å². The van der Waals surface area contributed by atoms with E-state index >= 15 is 0 Å². The van der Waals surface area contributed by atoms with Crippen LogP contribution in [-0.4, -0.2) is 35.1 Å². The summed E-state index contributed by atoms with van der Waals surface area (Å²) in [5, 5.41) is 17.5. The number of rotatable bonds is 2. The second kappa shape index (κ2) is 3.75. The van der Waals surface area contributed by atoms with Crippen LogP contribution in [0.4, 0.5) is 0 Å². The molecule has 0 aromatic carbocycles. The Hall–Kier alpha value is -1.08. The molecule has 1 fully saturated rings. The fourth-order valence-electron chi connectivity index (χ4n) is 1.72. The molecule has 0 aromatic rings. The molecular formula is C9H14N2O2. The summed E-state index contributed by atoms with van der Waals surface area (Å²) >= 11 is 0. The number of carboxylic acids is 1. The van der Waals surface area contributed by atoms with Gasteiger partial charge in [0.15, 0.2) is 0 Å². The molecule has 1 heterocycles. The zero-order valence-electron chi connectivity index (χ0n) is 7.90. The van der Waals surface area contributed by atoms with Crippen LogP contribution < -0.4 is 0 Å². The van der Waals surface area contributed by atoms with Gasteiger partial charge in [0.25, 0.3) is 0 Å². The minimum atomic E-state index is -0.750. The highest BCUT2D eigenvalue weighted by Gasteiger charge is 2.36. The second-order valence-corrected chi connectivity index (χ2v) is 3.68. The quantitative estimate of drug-likeness (QED) is 0.677. The highest BCUT2D eigenvalue weighted by Crippen LogP contribution is 2.24. The first-order chi connectivity index (χ1) is 6.06. The normalized spacial score (nSPS) is 31.2. The molecule has 1 saturated heterocycles. The molecule has 1 rings (SSSR count). The van der Waals surface area contributed by atoms with Crippen molar-refractivity contribution in [2.24, 2.45) is 11.8 Å². The molecule has 1 N–H and O–H groups in total. The maximum Gasteiger partial charge on any atom is 0.308 e. The van der Waals surface area contributed by atoms with E-state index in [-0.39, 0.29) is 17.9 Å². The molecular weight excluding hydrogens is 168 g/mol. The average molecular weight is 182 g/mol. The molecule has 0 spiro atoms. The van der Waals surface area contributed by atoms with Crippen molar-refractivity contribution in [2.75, 3.05) is 13.1 Å². The largest absolute Gasteiger partial charge is 0.481 e. The van der Waals surface area contributed by atoms with Crippen molar-refractivity contribution in [3.05, 3.63) is 0 Å². The van der Waals surface area contributed by atoms with Gasteiger partial charge in [-0.15, -0.1) is 0 Å². The SMILES string of the molecule is CC(C#N)N1C[C@@H](C)[C@H](C(=O)O)C1. The van der Waals surface area contributed by atoms with Crippen LogP contribution in [0.15, 0.2) is 0 Å². The minimum Gasteiger partial charge on any atom is -0.481 e. The third-order valence-corrected chi connectivity index (χ3v) is 2.69. The van der Waals surface area contributed by atoms with Crippen LogP contribution in [-0.2, 0) is 4.79 Å². The van der Waals surface area contributed by atoms with Gasteiger partial charge in [-0.2, -0.15) is 5.26 Å². The molecule has 72 valence electrons. The summed E-state index contributed by atoms with van der Waals surface area (Å²) in [6.07, 6.45) is 0. The van der Waals surface area contributed by atoms with E-state index < -0.39 is 5.97 Å². The Morgan fingerprint density at radius 2 is 2.31 bits per heavy atom. The van der Waals surface area contributed by atoms with Gasteiger partial charge in [0, 0.05) is 13.1 Å². The van der Waals surface area contributed by atoms with E-state index in [1.807, 2.05) is 11.8 Å². The summed E-state index contributed by atoms with van der Waals surface area (Å²) in [6, 6.07) is 1.95. The zero-order chi connectivity index (χ0) is 10.0. The van der Waals surface area contributed by atoms with Crippen molar-refractivity contribution in [3.63, 3.8) is 0 Å².